The van der Waals surface area contributed by atoms with E-state index >= 15 is 0 Å². The van der Waals surface area contributed by atoms with Gasteiger partial charge in [-0.15, -0.1) is 11.3 Å². The van der Waals surface area contributed by atoms with Crippen molar-refractivity contribution in [3.8, 4) is 0 Å². The lowest BCUT2D eigenvalue weighted by Gasteiger charge is -2.39. The zero-order valence-electron chi connectivity index (χ0n) is 14.0. The van der Waals surface area contributed by atoms with Crippen molar-refractivity contribution in [2.45, 2.75) is 64.0 Å². The third-order valence-corrected chi connectivity index (χ3v) is 6.59. The monoisotopic (exact) mass is 333 g/mol. The molecule has 0 radical (unpaired) electrons. The molecule has 1 aromatic rings. The molecule has 126 valence electrons. The van der Waals surface area contributed by atoms with Crippen LogP contribution in [0, 0.1) is 11.8 Å². The maximum Gasteiger partial charge on any atom is 0.225 e. The van der Waals surface area contributed by atoms with Crippen LogP contribution in [0.3, 0.4) is 0 Å². The Morgan fingerprint density at radius 3 is 2.87 bits per heavy atom. The maximum atomic E-state index is 12.3. The molecule has 1 saturated heterocycles. The van der Waals surface area contributed by atoms with E-state index in [4.69, 9.17) is 4.98 Å². The van der Waals surface area contributed by atoms with Gasteiger partial charge >= 0.3 is 0 Å². The van der Waals surface area contributed by atoms with Crippen molar-refractivity contribution in [1.82, 2.24) is 15.2 Å². The third-order valence-electron chi connectivity index (χ3n) is 5.54. The molecule has 1 aromatic heterocycles. The van der Waals surface area contributed by atoms with Crippen molar-refractivity contribution < 1.29 is 4.79 Å². The summed E-state index contributed by atoms with van der Waals surface area (Å²) < 4.78 is 0. The number of thiazole rings is 1. The molecule has 0 unspecified atom stereocenters. The van der Waals surface area contributed by atoms with E-state index in [1.54, 1.807) is 0 Å². The number of hydrogen-bond acceptors (Lipinski definition) is 4. The van der Waals surface area contributed by atoms with Crippen molar-refractivity contribution in [1.29, 1.82) is 0 Å². The molecule has 1 amide bonds. The summed E-state index contributed by atoms with van der Waals surface area (Å²) in [5.74, 6) is 2.10. The number of piperidine rings is 1. The molecule has 2 aliphatic carbocycles. The Labute approximate surface area is 142 Å². The number of nitrogens with one attached hydrogen (secondary N) is 1. The molecule has 0 bridgehead atoms. The Morgan fingerprint density at radius 1 is 1.35 bits per heavy atom. The first kappa shape index (κ1) is 15.6. The number of nitrogens with zero attached hydrogens (tertiary/aromatic N) is 2. The quantitative estimate of drug-likeness (QED) is 0.870. The zero-order valence-corrected chi connectivity index (χ0v) is 14.8. The van der Waals surface area contributed by atoms with Crippen molar-refractivity contribution in [2.75, 3.05) is 13.1 Å². The van der Waals surface area contributed by atoms with Crippen LogP contribution in [-0.4, -0.2) is 34.9 Å². The predicted octanol–water partition coefficient (Wildman–Crippen LogP) is 3.15. The highest BCUT2D eigenvalue weighted by Gasteiger charge is 2.37. The van der Waals surface area contributed by atoms with Crippen LogP contribution in [0.2, 0.25) is 0 Å². The zero-order chi connectivity index (χ0) is 15.8. The Kier molecular flexibility index (Phi) is 4.41. The van der Waals surface area contributed by atoms with Gasteiger partial charge in [0.05, 0.1) is 10.7 Å². The van der Waals surface area contributed by atoms with Crippen LogP contribution >= 0.6 is 11.3 Å². The number of likely N-dealkylation sites (tertiary alicyclic amines) is 1. The van der Waals surface area contributed by atoms with E-state index in [0.29, 0.717) is 23.8 Å². The van der Waals surface area contributed by atoms with E-state index in [1.165, 1.54) is 23.5 Å². The first-order valence-corrected chi connectivity index (χ1v) is 10.1. The van der Waals surface area contributed by atoms with Crippen LogP contribution in [0.4, 0.5) is 0 Å². The van der Waals surface area contributed by atoms with Gasteiger partial charge in [0.25, 0.3) is 0 Å². The summed E-state index contributed by atoms with van der Waals surface area (Å²) in [6.07, 6.45) is 7.09. The molecule has 0 aromatic carbocycles. The second kappa shape index (κ2) is 6.52. The highest BCUT2D eigenvalue weighted by Crippen LogP contribution is 2.41. The van der Waals surface area contributed by atoms with E-state index in [-0.39, 0.29) is 0 Å². The molecule has 1 aliphatic heterocycles. The first-order valence-electron chi connectivity index (χ1n) is 9.21. The second-order valence-corrected chi connectivity index (χ2v) is 8.34. The molecule has 23 heavy (non-hydrogen) atoms. The molecule has 2 heterocycles. The molecule has 3 aliphatic rings. The number of rotatable bonds is 6. The van der Waals surface area contributed by atoms with Gasteiger partial charge in [-0.3, -0.25) is 4.79 Å². The van der Waals surface area contributed by atoms with Crippen molar-refractivity contribution in [2.24, 2.45) is 11.8 Å². The van der Waals surface area contributed by atoms with Crippen LogP contribution in [0.15, 0.2) is 5.38 Å². The number of carbonyl (C=O) groups is 1. The predicted molar refractivity (Wildman–Crippen MR) is 92.4 cm³/mol. The normalized spacial score (nSPS) is 28.1. The first-order chi connectivity index (χ1) is 11.2. The largest absolute Gasteiger partial charge is 0.342 e. The molecule has 4 nitrogen and oxygen atoms in total. The standard InChI is InChI=1S/C18H27N3OS/c1-2-12-10-21(18(22)14-5-6-14)8-7-16(12)19-9-15-11-23-17(20-15)13-3-4-13/h11-14,16,19H,2-10H2,1H3/t12-,16+/m1/s1. The molecular weight excluding hydrogens is 306 g/mol. The second-order valence-electron chi connectivity index (χ2n) is 7.45. The maximum absolute atomic E-state index is 12.3. The molecule has 2 atom stereocenters. The van der Waals surface area contributed by atoms with E-state index in [0.717, 1.165) is 51.2 Å². The summed E-state index contributed by atoms with van der Waals surface area (Å²) in [6.45, 7) is 4.99. The summed E-state index contributed by atoms with van der Waals surface area (Å²) in [4.78, 5) is 19.2. The molecule has 0 spiro atoms. The number of aromatic nitrogens is 1. The van der Waals surface area contributed by atoms with Crippen LogP contribution in [0.25, 0.3) is 0 Å². The average molecular weight is 334 g/mol. The number of carbonyl (C=O) groups excluding carboxylic acids is 1. The van der Waals surface area contributed by atoms with Crippen LogP contribution in [0.5, 0.6) is 0 Å². The summed E-state index contributed by atoms with van der Waals surface area (Å²) in [5.41, 5.74) is 1.20. The lowest BCUT2D eigenvalue weighted by atomic mass is 9.89. The molecule has 1 N–H and O–H groups in total. The molecule has 3 fully saturated rings. The molecule has 5 heteroatoms. The van der Waals surface area contributed by atoms with Gasteiger partial charge in [-0.2, -0.15) is 0 Å². The molecule has 4 rings (SSSR count). The van der Waals surface area contributed by atoms with Gasteiger partial charge in [0.15, 0.2) is 0 Å². The summed E-state index contributed by atoms with van der Waals surface area (Å²) in [7, 11) is 0. The highest BCUT2D eigenvalue weighted by atomic mass is 32.1. The van der Waals surface area contributed by atoms with Crippen LogP contribution in [0.1, 0.15) is 62.1 Å². The van der Waals surface area contributed by atoms with Crippen LogP contribution in [-0.2, 0) is 11.3 Å². The highest BCUT2D eigenvalue weighted by molar-refractivity contribution is 7.09. The smallest absolute Gasteiger partial charge is 0.225 e. The Balaban J connectivity index is 1.30. The van der Waals surface area contributed by atoms with Gasteiger partial charge in [-0.05, 0) is 38.0 Å². The Bertz CT molecular complexity index is 564. The van der Waals surface area contributed by atoms with E-state index in [1.807, 2.05) is 11.3 Å². The van der Waals surface area contributed by atoms with Gasteiger partial charge in [-0.25, -0.2) is 4.98 Å². The van der Waals surface area contributed by atoms with Crippen molar-refractivity contribution in [3.05, 3.63) is 16.1 Å². The lowest BCUT2D eigenvalue weighted by molar-refractivity contribution is -0.134. The van der Waals surface area contributed by atoms with Gasteiger partial charge in [0.2, 0.25) is 5.91 Å². The fourth-order valence-corrected chi connectivity index (χ4v) is 4.65. The number of hydrogen-bond donors (Lipinski definition) is 1. The Hall–Kier alpha value is -0.940. The Morgan fingerprint density at radius 2 is 2.17 bits per heavy atom. The van der Waals surface area contributed by atoms with Crippen molar-refractivity contribution >= 4 is 17.2 Å². The van der Waals surface area contributed by atoms with Gasteiger partial charge in [0, 0.05) is 42.9 Å². The lowest BCUT2D eigenvalue weighted by Crippen LogP contribution is -2.51. The minimum atomic E-state index is 0.355. The van der Waals surface area contributed by atoms with Crippen LogP contribution < -0.4 is 5.32 Å². The van der Waals surface area contributed by atoms with Gasteiger partial charge in [-0.1, -0.05) is 13.3 Å². The van der Waals surface area contributed by atoms with E-state index in [2.05, 4.69) is 22.5 Å². The minimum Gasteiger partial charge on any atom is -0.342 e. The van der Waals surface area contributed by atoms with E-state index < -0.39 is 0 Å². The minimum absolute atomic E-state index is 0.355. The average Bonchev–Trinajstić information content (AvgIpc) is 3.50. The summed E-state index contributed by atoms with van der Waals surface area (Å²) in [6, 6.07) is 0.523. The SMILES string of the molecule is CC[C@@H]1CN(C(=O)C2CC2)CC[C@@H]1NCc1csc(C2CC2)n1. The fraction of sp³-hybridized carbons (Fsp3) is 0.778. The fourth-order valence-electron chi connectivity index (χ4n) is 3.66. The summed E-state index contributed by atoms with van der Waals surface area (Å²) in [5, 5.41) is 7.27. The van der Waals surface area contributed by atoms with Gasteiger partial charge < -0.3 is 10.2 Å². The molecule has 2 saturated carbocycles. The van der Waals surface area contributed by atoms with Gasteiger partial charge in [0.1, 0.15) is 0 Å². The van der Waals surface area contributed by atoms with Crippen molar-refractivity contribution in [3.63, 3.8) is 0 Å². The summed E-state index contributed by atoms with van der Waals surface area (Å²) >= 11 is 1.82. The van der Waals surface area contributed by atoms with E-state index in [9.17, 15) is 4.79 Å². The third kappa shape index (κ3) is 3.61. The topological polar surface area (TPSA) is 45.2 Å². The molecular formula is C18H27N3OS. The number of amides is 1.